The van der Waals surface area contributed by atoms with Crippen molar-refractivity contribution in [1.29, 1.82) is 0 Å². The monoisotopic (exact) mass is 492 g/mol. The van der Waals surface area contributed by atoms with Crippen LogP contribution >= 0.6 is 0 Å². The van der Waals surface area contributed by atoms with E-state index in [1.54, 1.807) is 36.4 Å². The minimum absolute atomic E-state index is 0.100. The summed E-state index contributed by atoms with van der Waals surface area (Å²) in [5.41, 5.74) is 2.78. The first-order chi connectivity index (χ1) is 17.5. The summed E-state index contributed by atoms with van der Waals surface area (Å²) in [6, 6.07) is 15.7. The van der Waals surface area contributed by atoms with Gasteiger partial charge < -0.3 is 4.74 Å². The molecule has 1 aliphatic rings. The van der Waals surface area contributed by atoms with Crippen molar-refractivity contribution >= 4 is 12.2 Å². The average Bonchev–Trinajstić information content (AvgIpc) is 2.89. The Labute approximate surface area is 213 Å². The van der Waals surface area contributed by atoms with Crippen LogP contribution < -0.4 is 4.74 Å². The maximum absolute atomic E-state index is 14.8. The fraction of sp³-hybridized carbons (Fsp3) is 0.375. The smallest absolute Gasteiger partial charge is 0.166 e. The van der Waals surface area contributed by atoms with Crippen LogP contribution in [0.25, 0.3) is 23.3 Å². The van der Waals surface area contributed by atoms with Crippen LogP contribution in [0.15, 0.2) is 54.6 Å². The van der Waals surface area contributed by atoms with Crippen molar-refractivity contribution in [2.24, 2.45) is 5.92 Å². The van der Waals surface area contributed by atoms with Crippen LogP contribution in [0.5, 0.6) is 5.75 Å². The van der Waals surface area contributed by atoms with Crippen molar-refractivity contribution in [3.8, 4) is 16.9 Å². The first-order valence-electron chi connectivity index (χ1n) is 13.1. The van der Waals surface area contributed by atoms with Crippen molar-refractivity contribution in [3.63, 3.8) is 0 Å². The van der Waals surface area contributed by atoms with E-state index in [4.69, 9.17) is 4.74 Å². The van der Waals surface area contributed by atoms with Gasteiger partial charge in [0.25, 0.3) is 0 Å². The summed E-state index contributed by atoms with van der Waals surface area (Å²) in [6.45, 7) is 4.93. The largest absolute Gasteiger partial charge is 0.493 e. The van der Waals surface area contributed by atoms with E-state index in [0.717, 1.165) is 56.1 Å². The summed E-state index contributed by atoms with van der Waals surface area (Å²) in [5.74, 6) is -0.559. The first kappa shape index (κ1) is 26.1. The van der Waals surface area contributed by atoms with Crippen LogP contribution in [-0.2, 0) is 0 Å². The highest BCUT2D eigenvalue weighted by atomic mass is 19.2. The van der Waals surface area contributed by atoms with Gasteiger partial charge in [0, 0.05) is 17.2 Å². The standard InChI is InChI=1S/C32H35F3O/c1-3-4-5-20-36-27-17-19-28(30(33)21-27)24-13-8-23(9-14-24)10-15-26-16-18-29(32(35)31(26)34)25-11-6-22(2)7-12-25/h8-10,13-19,21-22,25H,3-7,11-12,20H2,1-2H3/b15-10+. The molecule has 0 atom stereocenters. The van der Waals surface area contributed by atoms with Crippen LogP contribution in [0.1, 0.15) is 81.4 Å². The molecule has 0 aromatic heterocycles. The van der Waals surface area contributed by atoms with E-state index in [-0.39, 0.29) is 17.3 Å². The van der Waals surface area contributed by atoms with Crippen LogP contribution in [0.2, 0.25) is 0 Å². The molecule has 1 nitrogen and oxygen atoms in total. The molecule has 190 valence electrons. The van der Waals surface area contributed by atoms with Gasteiger partial charge in [0.05, 0.1) is 6.61 Å². The third-order valence-electron chi connectivity index (χ3n) is 7.23. The molecule has 3 aromatic carbocycles. The van der Waals surface area contributed by atoms with E-state index in [9.17, 15) is 13.2 Å². The van der Waals surface area contributed by atoms with Gasteiger partial charge in [-0.3, -0.25) is 0 Å². The van der Waals surface area contributed by atoms with Crippen LogP contribution in [0, 0.1) is 23.4 Å². The van der Waals surface area contributed by atoms with E-state index in [1.807, 2.05) is 24.3 Å². The number of unbranched alkanes of at least 4 members (excludes halogenated alkanes) is 2. The van der Waals surface area contributed by atoms with Gasteiger partial charge in [-0.05, 0) is 59.9 Å². The Morgan fingerprint density at radius 3 is 2.28 bits per heavy atom. The zero-order chi connectivity index (χ0) is 25.5. The molecule has 1 aliphatic carbocycles. The van der Waals surface area contributed by atoms with Gasteiger partial charge in [-0.15, -0.1) is 0 Å². The van der Waals surface area contributed by atoms with Crippen LogP contribution in [-0.4, -0.2) is 6.61 Å². The molecule has 0 unspecified atom stereocenters. The maximum atomic E-state index is 14.8. The SMILES string of the molecule is CCCCCOc1ccc(-c2ccc(/C=C/c3ccc(C4CCC(C)CC4)c(F)c3F)cc2)c(F)c1. The Bertz CT molecular complexity index is 1170. The quantitative estimate of drug-likeness (QED) is 0.213. The number of ether oxygens (including phenoxy) is 1. The van der Waals surface area contributed by atoms with E-state index < -0.39 is 11.6 Å². The summed E-state index contributed by atoms with van der Waals surface area (Å²) >= 11 is 0. The number of rotatable bonds is 9. The fourth-order valence-corrected chi connectivity index (χ4v) is 4.92. The van der Waals surface area contributed by atoms with Gasteiger partial charge in [-0.1, -0.05) is 88.1 Å². The van der Waals surface area contributed by atoms with Gasteiger partial charge in [0.15, 0.2) is 11.6 Å². The second kappa shape index (κ2) is 12.3. The highest BCUT2D eigenvalue weighted by molar-refractivity contribution is 5.73. The molecular formula is C32H35F3O. The Kier molecular flexibility index (Phi) is 8.90. The molecule has 3 aromatic rings. The average molecular weight is 493 g/mol. The molecule has 1 fully saturated rings. The van der Waals surface area contributed by atoms with Gasteiger partial charge in [-0.25, -0.2) is 13.2 Å². The number of hydrogen-bond acceptors (Lipinski definition) is 1. The van der Waals surface area contributed by atoms with Crippen molar-refractivity contribution < 1.29 is 17.9 Å². The van der Waals surface area contributed by atoms with E-state index in [1.165, 1.54) is 6.07 Å². The molecule has 0 amide bonds. The lowest BCUT2D eigenvalue weighted by atomic mass is 9.79. The van der Waals surface area contributed by atoms with Gasteiger partial charge in [0.1, 0.15) is 11.6 Å². The van der Waals surface area contributed by atoms with E-state index >= 15 is 0 Å². The van der Waals surface area contributed by atoms with Crippen LogP contribution in [0.3, 0.4) is 0 Å². The lowest BCUT2D eigenvalue weighted by Gasteiger charge is -2.27. The molecule has 4 heteroatoms. The van der Waals surface area contributed by atoms with Gasteiger partial charge in [0.2, 0.25) is 0 Å². The van der Waals surface area contributed by atoms with Crippen molar-refractivity contribution in [2.75, 3.05) is 6.61 Å². The Morgan fingerprint density at radius 1 is 0.833 bits per heavy atom. The molecule has 0 spiro atoms. The molecule has 36 heavy (non-hydrogen) atoms. The fourth-order valence-electron chi connectivity index (χ4n) is 4.92. The minimum atomic E-state index is -0.793. The molecule has 1 saturated carbocycles. The zero-order valence-corrected chi connectivity index (χ0v) is 21.2. The molecular weight excluding hydrogens is 457 g/mol. The summed E-state index contributed by atoms with van der Waals surface area (Å²) < 4.78 is 49.9. The highest BCUT2D eigenvalue weighted by Gasteiger charge is 2.24. The Hall–Kier alpha value is -3.01. The zero-order valence-electron chi connectivity index (χ0n) is 21.2. The molecule has 0 N–H and O–H groups in total. The molecule has 0 radical (unpaired) electrons. The van der Waals surface area contributed by atoms with E-state index in [0.29, 0.717) is 29.4 Å². The first-order valence-corrected chi connectivity index (χ1v) is 13.1. The number of halogens is 3. The van der Waals surface area contributed by atoms with Crippen molar-refractivity contribution in [1.82, 2.24) is 0 Å². The number of hydrogen-bond donors (Lipinski definition) is 0. The lowest BCUT2D eigenvalue weighted by molar-refractivity contribution is 0.305. The highest BCUT2D eigenvalue weighted by Crippen LogP contribution is 2.37. The molecule has 0 aliphatic heterocycles. The summed E-state index contributed by atoms with van der Waals surface area (Å²) in [7, 11) is 0. The summed E-state index contributed by atoms with van der Waals surface area (Å²) in [5, 5.41) is 0. The summed E-state index contributed by atoms with van der Waals surface area (Å²) in [6.07, 6.45) is 10.4. The van der Waals surface area contributed by atoms with Crippen molar-refractivity contribution in [2.45, 2.75) is 64.7 Å². The maximum Gasteiger partial charge on any atom is 0.166 e. The third kappa shape index (κ3) is 6.40. The minimum Gasteiger partial charge on any atom is -0.493 e. The molecule has 4 rings (SSSR count). The second-order valence-electron chi connectivity index (χ2n) is 9.98. The predicted octanol–water partition coefficient (Wildman–Crippen LogP) is 9.80. The summed E-state index contributed by atoms with van der Waals surface area (Å²) in [4.78, 5) is 0. The lowest BCUT2D eigenvalue weighted by Crippen LogP contribution is -2.13. The van der Waals surface area contributed by atoms with Crippen LogP contribution in [0.4, 0.5) is 13.2 Å². The molecule has 0 saturated heterocycles. The van der Waals surface area contributed by atoms with Gasteiger partial charge in [-0.2, -0.15) is 0 Å². The Morgan fingerprint density at radius 2 is 1.58 bits per heavy atom. The normalized spacial score (nSPS) is 18.0. The predicted molar refractivity (Wildman–Crippen MR) is 143 cm³/mol. The number of benzene rings is 3. The Balaban J connectivity index is 1.42. The second-order valence-corrected chi connectivity index (χ2v) is 9.98. The van der Waals surface area contributed by atoms with Gasteiger partial charge >= 0.3 is 0 Å². The van der Waals surface area contributed by atoms with Crippen molar-refractivity contribution in [3.05, 3.63) is 88.7 Å². The third-order valence-corrected chi connectivity index (χ3v) is 7.23. The van der Waals surface area contributed by atoms with E-state index in [2.05, 4.69) is 13.8 Å². The topological polar surface area (TPSA) is 9.23 Å². The molecule has 0 heterocycles. The molecule has 0 bridgehead atoms.